The van der Waals surface area contributed by atoms with Gasteiger partial charge in [-0.3, -0.25) is 9.59 Å². The van der Waals surface area contributed by atoms with Gasteiger partial charge in [0.1, 0.15) is 12.1 Å². The van der Waals surface area contributed by atoms with Crippen LogP contribution in [-0.2, 0) is 19.6 Å². The number of nitrogens with one attached hydrogen (secondary N) is 2. The molecule has 10 heteroatoms. The lowest BCUT2D eigenvalue weighted by atomic mass is 10.0. The molecule has 3 atom stereocenters. The highest BCUT2D eigenvalue weighted by Crippen LogP contribution is 2.24. The number of hydrogen-bond acceptors (Lipinski definition) is 5. The summed E-state index contributed by atoms with van der Waals surface area (Å²) in [6, 6.07) is 8.72. The Balaban J connectivity index is 1.42. The Kier molecular flexibility index (Phi) is 7.47. The number of carbonyl (C=O) groups excluding carboxylic acids is 2. The molecule has 0 saturated carbocycles. The van der Waals surface area contributed by atoms with E-state index < -0.39 is 22.1 Å². The Morgan fingerprint density at radius 2 is 1.88 bits per heavy atom. The Morgan fingerprint density at radius 1 is 1.15 bits per heavy atom. The molecule has 2 heterocycles. The Hall–Kier alpha value is -2.20. The van der Waals surface area contributed by atoms with Gasteiger partial charge in [-0.25, -0.2) is 8.42 Å². The second-order valence-electron chi connectivity index (χ2n) is 9.00. The average molecular weight is 507 g/mol. The van der Waals surface area contributed by atoms with Crippen LogP contribution >= 0.6 is 11.6 Å². The first-order valence-corrected chi connectivity index (χ1v) is 13.6. The number of fused-ring (bicyclic) bond motifs is 1. The molecular weight excluding hydrogens is 476 g/mol. The zero-order valence-electron chi connectivity index (χ0n) is 19.5. The molecule has 8 nitrogen and oxygen atoms in total. The number of piperidine rings is 1. The van der Waals surface area contributed by atoms with Crippen LogP contribution in [0.5, 0.6) is 0 Å². The number of amides is 2. The zero-order valence-corrected chi connectivity index (χ0v) is 21.0. The highest BCUT2D eigenvalue weighted by atomic mass is 35.5. The lowest BCUT2D eigenvalue weighted by Gasteiger charge is -2.36. The number of hydrogen-bond donors (Lipinski definition) is 2. The van der Waals surface area contributed by atoms with E-state index in [9.17, 15) is 18.0 Å². The predicted octanol–water partition coefficient (Wildman–Crippen LogP) is 2.36. The Bertz CT molecular complexity index is 1190. The zero-order chi connectivity index (χ0) is 24.5. The lowest BCUT2D eigenvalue weighted by Crippen LogP contribution is -2.54. The van der Waals surface area contributed by atoms with E-state index in [1.54, 1.807) is 37.3 Å². The lowest BCUT2D eigenvalue weighted by molar-refractivity contribution is -0.144. The van der Waals surface area contributed by atoms with E-state index in [2.05, 4.69) is 10.0 Å². The molecule has 184 valence electrons. The molecule has 2 aromatic rings. The van der Waals surface area contributed by atoms with Crippen LogP contribution in [-0.4, -0.2) is 74.3 Å². The molecule has 0 bridgehead atoms. The Morgan fingerprint density at radius 3 is 2.65 bits per heavy atom. The van der Waals surface area contributed by atoms with E-state index in [-0.39, 0.29) is 22.8 Å². The number of sulfonamides is 1. The van der Waals surface area contributed by atoms with Crippen molar-refractivity contribution >= 4 is 44.2 Å². The van der Waals surface area contributed by atoms with Crippen LogP contribution in [0.25, 0.3) is 10.8 Å². The van der Waals surface area contributed by atoms with Gasteiger partial charge in [0.05, 0.1) is 4.90 Å². The molecule has 34 heavy (non-hydrogen) atoms. The predicted molar refractivity (Wildman–Crippen MR) is 132 cm³/mol. The molecule has 2 unspecified atom stereocenters. The van der Waals surface area contributed by atoms with E-state index in [1.165, 1.54) is 11.0 Å². The largest absolute Gasteiger partial charge is 0.339 e. The van der Waals surface area contributed by atoms with E-state index in [4.69, 9.17) is 11.6 Å². The highest BCUT2D eigenvalue weighted by molar-refractivity contribution is 7.89. The molecule has 2 aliphatic heterocycles. The van der Waals surface area contributed by atoms with Crippen molar-refractivity contribution in [3.8, 4) is 0 Å². The van der Waals surface area contributed by atoms with Gasteiger partial charge >= 0.3 is 0 Å². The third kappa shape index (κ3) is 5.22. The summed E-state index contributed by atoms with van der Waals surface area (Å²) in [5, 5.41) is 5.53. The molecule has 0 aliphatic carbocycles. The van der Waals surface area contributed by atoms with Gasteiger partial charge in [0.15, 0.2) is 0 Å². The third-order valence-corrected chi connectivity index (χ3v) is 8.38. The SMILES string of the molecule is CCNC1CCCN(C(=O)[C@H](C)N2CCC(NS(=O)(=O)c3ccc4cc(Cl)ccc4c3)C2=O)C1. The van der Waals surface area contributed by atoms with E-state index in [0.717, 1.165) is 30.2 Å². The average Bonchev–Trinajstić information content (AvgIpc) is 3.17. The van der Waals surface area contributed by atoms with Crippen LogP contribution in [0.3, 0.4) is 0 Å². The van der Waals surface area contributed by atoms with Gasteiger partial charge in [-0.05, 0) is 67.8 Å². The summed E-state index contributed by atoms with van der Waals surface area (Å²) >= 11 is 6.01. The summed E-state index contributed by atoms with van der Waals surface area (Å²) in [5.74, 6) is -0.454. The quantitative estimate of drug-likeness (QED) is 0.600. The topological polar surface area (TPSA) is 98.8 Å². The molecule has 2 saturated heterocycles. The maximum atomic E-state index is 13.1. The van der Waals surface area contributed by atoms with Crippen molar-refractivity contribution in [3.63, 3.8) is 0 Å². The number of benzene rings is 2. The summed E-state index contributed by atoms with van der Waals surface area (Å²) in [7, 11) is -3.92. The second-order valence-corrected chi connectivity index (χ2v) is 11.2. The standard InChI is InChI=1S/C24H31ClN4O4S/c1-3-26-20-5-4-11-28(15-20)23(30)16(2)29-12-10-22(24(29)31)27-34(32,33)21-9-7-17-13-19(25)8-6-18(17)14-21/h6-9,13-14,16,20,22,26-27H,3-5,10-12,15H2,1-2H3/t16-,20?,22?/m0/s1. The number of nitrogens with zero attached hydrogens (tertiary/aromatic N) is 2. The van der Waals surface area contributed by atoms with Crippen molar-refractivity contribution in [2.45, 2.75) is 56.1 Å². The summed E-state index contributed by atoms with van der Waals surface area (Å²) in [6.07, 6.45) is 2.27. The van der Waals surface area contributed by atoms with Crippen LogP contribution in [0, 0.1) is 0 Å². The molecular formula is C24H31ClN4O4S. The van der Waals surface area contributed by atoms with Crippen LogP contribution in [0.1, 0.15) is 33.1 Å². The van der Waals surface area contributed by atoms with Crippen molar-refractivity contribution < 1.29 is 18.0 Å². The minimum absolute atomic E-state index is 0.0838. The molecule has 0 spiro atoms. The fourth-order valence-corrected chi connectivity index (χ4v) is 6.28. The molecule has 4 rings (SSSR count). The number of halogens is 1. The number of carbonyl (C=O) groups is 2. The molecule has 2 N–H and O–H groups in total. The summed E-state index contributed by atoms with van der Waals surface area (Å²) in [5.41, 5.74) is 0. The minimum atomic E-state index is -3.92. The van der Waals surface area contributed by atoms with E-state index >= 15 is 0 Å². The number of likely N-dealkylation sites (tertiary alicyclic amines) is 2. The van der Waals surface area contributed by atoms with Crippen molar-refractivity contribution in [1.29, 1.82) is 0 Å². The fourth-order valence-electron chi connectivity index (χ4n) is 4.84. The third-order valence-electron chi connectivity index (χ3n) is 6.67. The maximum Gasteiger partial charge on any atom is 0.245 e. The highest BCUT2D eigenvalue weighted by Gasteiger charge is 2.40. The van der Waals surface area contributed by atoms with Gasteiger partial charge in [-0.15, -0.1) is 0 Å². The smallest absolute Gasteiger partial charge is 0.245 e. The fraction of sp³-hybridized carbons (Fsp3) is 0.500. The monoisotopic (exact) mass is 506 g/mol. The second kappa shape index (κ2) is 10.2. The number of likely N-dealkylation sites (N-methyl/N-ethyl adjacent to an activating group) is 1. The van der Waals surface area contributed by atoms with Gasteiger partial charge in [0, 0.05) is 30.7 Å². The van der Waals surface area contributed by atoms with Gasteiger partial charge in [0.2, 0.25) is 21.8 Å². The van der Waals surface area contributed by atoms with E-state index in [0.29, 0.717) is 31.1 Å². The maximum absolute atomic E-state index is 13.1. The van der Waals surface area contributed by atoms with Crippen LogP contribution in [0.2, 0.25) is 5.02 Å². The summed E-state index contributed by atoms with van der Waals surface area (Å²) in [4.78, 5) is 29.6. The van der Waals surface area contributed by atoms with Gasteiger partial charge in [-0.1, -0.05) is 30.7 Å². The first-order valence-electron chi connectivity index (χ1n) is 11.7. The molecule has 2 fully saturated rings. The van der Waals surface area contributed by atoms with E-state index in [1.807, 2.05) is 11.8 Å². The van der Waals surface area contributed by atoms with Crippen LogP contribution < -0.4 is 10.0 Å². The molecule has 0 aromatic heterocycles. The van der Waals surface area contributed by atoms with Crippen LogP contribution in [0.4, 0.5) is 0 Å². The first-order chi connectivity index (χ1) is 16.2. The molecule has 2 aliphatic rings. The first kappa shape index (κ1) is 24.9. The van der Waals surface area contributed by atoms with Crippen LogP contribution in [0.15, 0.2) is 41.3 Å². The summed E-state index contributed by atoms with van der Waals surface area (Å²) in [6.45, 7) is 6.25. The van der Waals surface area contributed by atoms with Crippen molar-refractivity contribution in [3.05, 3.63) is 41.4 Å². The Labute approximate surface area is 205 Å². The van der Waals surface area contributed by atoms with Crippen molar-refractivity contribution in [2.75, 3.05) is 26.2 Å². The van der Waals surface area contributed by atoms with Gasteiger partial charge < -0.3 is 15.1 Å². The normalized spacial score (nSPS) is 22.4. The van der Waals surface area contributed by atoms with Crippen molar-refractivity contribution in [2.24, 2.45) is 0 Å². The minimum Gasteiger partial charge on any atom is -0.339 e. The van der Waals surface area contributed by atoms with Gasteiger partial charge in [-0.2, -0.15) is 4.72 Å². The van der Waals surface area contributed by atoms with Crippen molar-refractivity contribution in [1.82, 2.24) is 19.8 Å². The number of rotatable bonds is 7. The molecule has 2 aromatic carbocycles. The summed E-state index contributed by atoms with van der Waals surface area (Å²) < 4.78 is 28.6. The molecule has 2 amide bonds. The molecule has 0 radical (unpaired) electrons. The van der Waals surface area contributed by atoms with Gasteiger partial charge in [0.25, 0.3) is 0 Å².